The molecule has 1 saturated heterocycles. The Morgan fingerprint density at radius 2 is 1.97 bits per heavy atom. The van der Waals surface area contributed by atoms with Crippen molar-refractivity contribution in [1.29, 1.82) is 0 Å². The molecule has 1 saturated carbocycles. The number of anilines is 3. The Morgan fingerprint density at radius 3 is 2.61 bits per heavy atom. The lowest BCUT2D eigenvalue weighted by atomic mass is 9.90. The van der Waals surface area contributed by atoms with E-state index in [1.54, 1.807) is 0 Å². The van der Waals surface area contributed by atoms with E-state index < -0.39 is 0 Å². The first-order valence-electron chi connectivity index (χ1n) is 12.1. The highest BCUT2D eigenvalue weighted by atomic mass is 16.2. The van der Waals surface area contributed by atoms with Crippen LogP contribution in [-0.2, 0) is 4.79 Å². The fourth-order valence-corrected chi connectivity index (χ4v) is 5.65. The van der Waals surface area contributed by atoms with Crippen molar-refractivity contribution in [2.24, 2.45) is 11.7 Å². The van der Waals surface area contributed by atoms with Crippen molar-refractivity contribution in [3.05, 3.63) is 6.20 Å². The Balaban J connectivity index is 1.48. The van der Waals surface area contributed by atoms with Crippen LogP contribution in [-0.4, -0.2) is 72.1 Å². The van der Waals surface area contributed by atoms with E-state index in [4.69, 9.17) is 10.7 Å². The van der Waals surface area contributed by atoms with Gasteiger partial charge in [-0.15, -0.1) is 0 Å². The third-order valence-electron chi connectivity index (χ3n) is 7.60. The molecule has 0 bridgehead atoms. The highest BCUT2D eigenvalue weighted by Gasteiger charge is 2.36. The predicted molar refractivity (Wildman–Crippen MR) is 126 cm³/mol. The van der Waals surface area contributed by atoms with E-state index in [0.29, 0.717) is 18.0 Å². The smallest absolute Gasteiger partial charge is 0.236 e. The minimum atomic E-state index is 0.0543. The predicted octanol–water partition coefficient (Wildman–Crippen LogP) is 2.45. The largest absolute Gasteiger partial charge is 0.368 e. The molecule has 2 unspecified atom stereocenters. The van der Waals surface area contributed by atoms with Crippen LogP contribution in [0.3, 0.4) is 0 Å². The van der Waals surface area contributed by atoms with Gasteiger partial charge in [-0.25, -0.2) is 4.98 Å². The van der Waals surface area contributed by atoms with E-state index >= 15 is 0 Å². The molecule has 2 aliphatic heterocycles. The number of nitrogens with zero attached hydrogens (tertiary/aromatic N) is 5. The van der Waals surface area contributed by atoms with Crippen LogP contribution in [0.4, 0.5) is 17.5 Å². The molecule has 1 aromatic rings. The fraction of sp³-hybridized carbons (Fsp3) is 0.783. The van der Waals surface area contributed by atoms with Crippen molar-refractivity contribution in [3.63, 3.8) is 0 Å². The summed E-state index contributed by atoms with van der Waals surface area (Å²) in [4.78, 5) is 28.4. The summed E-state index contributed by atoms with van der Waals surface area (Å²) in [5.41, 5.74) is 6.66. The van der Waals surface area contributed by atoms with Crippen LogP contribution in [0.5, 0.6) is 0 Å². The number of hydrogen-bond donors (Lipinski definition) is 2. The summed E-state index contributed by atoms with van der Waals surface area (Å²) in [7, 11) is 2.16. The van der Waals surface area contributed by atoms with Crippen LogP contribution >= 0.6 is 0 Å². The molecule has 31 heavy (non-hydrogen) atoms. The van der Waals surface area contributed by atoms with Gasteiger partial charge in [0.05, 0.1) is 18.4 Å². The number of amides is 1. The van der Waals surface area contributed by atoms with E-state index in [1.165, 1.54) is 25.7 Å². The normalized spacial score (nSPS) is 23.7. The standard InChI is InChI=1S/C23H39N7O/c1-4-18-15-28(3)20-14-25-23(27-22(20)30(18)19-7-5-6-8-19)26-16(2)17-9-11-29(12-10-17)21(31)13-24/h14,16-19H,4-13,15,24H2,1-3H3,(H,25,26,27). The molecule has 2 atom stereocenters. The van der Waals surface area contributed by atoms with Gasteiger partial charge >= 0.3 is 0 Å². The number of likely N-dealkylation sites (tertiary alicyclic amines) is 1. The molecule has 8 nitrogen and oxygen atoms in total. The van der Waals surface area contributed by atoms with Gasteiger partial charge in [0.2, 0.25) is 11.9 Å². The molecule has 0 aromatic carbocycles. The lowest BCUT2D eigenvalue weighted by molar-refractivity contribution is -0.131. The van der Waals surface area contributed by atoms with E-state index in [-0.39, 0.29) is 18.5 Å². The molecule has 1 aromatic heterocycles. The van der Waals surface area contributed by atoms with Crippen LogP contribution < -0.4 is 20.9 Å². The van der Waals surface area contributed by atoms with Crippen LogP contribution in [0.25, 0.3) is 0 Å². The quantitative estimate of drug-likeness (QED) is 0.718. The average Bonchev–Trinajstić information content (AvgIpc) is 3.32. The zero-order valence-electron chi connectivity index (χ0n) is 19.4. The molecule has 1 amide bonds. The lowest BCUT2D eigenvalue weighted by Gasteiger charge is -2.45. The second kappa shape index (κ2) is 9.59. The van der Waals surface area contributed by atoms with E-state index in [1.807, 2.05) is 11.1 Å². The van der Waals surface area contributed by atoms with Crippen molar-refractivity contribution in [2.45, 2.75) is 76.9 Å². The van der Waals surface area contributed by atoms with Gasteiger partial charge in [-0.3, -0.25) is 4.79 Å². The van der Waals surface area contributed by atoms with Crippen molar-refractivity contribution >= 4 is 23.4 Å². The van der Waals surface area contributed by atoms with Gasteiger partial charge in [-0.05, 0) is 44.9 Å². The fourth-order valence-electron chi connectivity index (χ4n) is 5.65. The van der Waals surface area contributed by atoms with E-state index in [2.05, 4.69) is 41.0 Å². The first kappa shape index (κ1) is 22.1. The Labute approximate surface area is 186 Å². The summed E-state index contributed by atoms with van der Waals surface area (Å²) in [6, 6.07) is 1.36. The topological polar surface area (TPSA) is 90.6 Å². The second-order valence-electron chi connectivity index (χ2n) is 9.55. The number of fused-ring (bicyclic) bond motifs is 1. The zero-order chi connectivity index (χ0) is 22.0. The Hall–Kier alpha value is -2.09. The van der Waals surface area contributed by atoms with Crippen molar-refractivity contribution in [2.75, 3.05) is 48.3 Å². The molecule has 0 radical (unpaired) electrons. The zero-order valence-corrected chi connectivity index (χ0v) is 19.4. The first-order chi connectivity index (χ1) is 15.0. The third kappa shape index (κ3) is 4.59. The van der Waals surface area contributed by atoms with Crippen LogP contribution in [0.1, 0.15) is 58.8 Å². The highest BCUT2D eigenvalue weighted by Crippen LogP contribution is 2.39. The maximum atomic E-state index is 11.8. The molecule has 1 aliphatic carbocycles. The van der Waals surface area contributed by atoms with Gasteiger partial charge in [0.15, 0.2) is 5.82 Å². The monoisotopic (exact) mass is 429 g/mol. The molecule has 0 spiro atoms. The molecule has 3 N–H and O–H groups in total. The summed E-state index contributed by atoms with van der Waals surface area (Å²) in [5.74, 6) is 2.37. The first-order valence-corrected chi connectivity index (χ1v) is 12.1. The summed E-state index contributed by atoms with van der Waals surface area (Å²) >= 11 is 0. The number of nitrogens with one attached hydrogen (secondary N) is 1. The molecule has 8 heteroatoms. The van der Waals surface area contributed by atoms with Crippen LogP contribution in [0, 0.1) is 5.92 Å². The van der Waals surface area contributed by atoms with Gasteiger partial charge in [0.1, 0.15) is 0 Å². The lowest BCUT2D eigenvalue weighted by Crippen LogP contribution is -2.52. The van der Waals surface area contributed by atoms with Gasteiger partial charge in [-0.2, -0.15) is 4.98 Å². The number of likely N-dealkylation sites (N-methyl/N-ethyl adjacent to an activating group) is 1. The summed E-state index contributed by atoms with van der Waals surface area (Å²) in [5, 5.41) is 3.58. The van der Waals surface area contributed by atoms with Gasteiger partial charge in [0, 0.05) is 44.8 Å². The second-order valence-corrected chi connectivity index (χ2v) is 9.55. The van der Waals surface area contributed by atoms with Crippen LogP contribution in [0.15, 0.2) is 6.20 Å². The Kier molecular flexibility index (Phi) is 6.84. The average molecular weight is 430 g/mol. The van der Waals surface area contributed by atoms with Crippen LogP contribution in [0.2, 0.25) is 0 Å². The summed E-state index contributed by atoms with van der Waals surface area (Å²) in [6.45, 7) is 7.21. The minimum Gasteiger partial charge on any atom is -0.368 e. The molecule has 3 heterocycles. The van der Waals surface area contributed by atoms with Gasteiger partial charge in [-0.1, -0.05) is 19.8 Å². The van der Waals surface area contributed by atoms with Crippen molar-refractivity contribution in [1.82, 2.24) is 14.9 Å². The molecule has 4 rings (SSSR count). The number of hydrogen-bond acceptors (Lipinski definition) is 7. The van der Waals surface area contributed by atoms with Gasteiger partial charge in [0.25, 0.3) is 0 Å². The number of rotatable bonds is 6. The molecule has 3 aliphatic rings. The third-order valence-corrected chi connectivity index (χ3v) is 7.60. The van der Waals surface area contributed by atoms with Crippen molar-refractivity contribution in [3.8, 4) is 0 Å². The number of aromatic nitrogens is 2. The number of carbonyl (C=O) groups is 1. The minimum absolute atomic E-state index is 0.0543. The Bertz CT molecular complexity index is 758. The maximum Gasteiger partial charge on any atom is 0.236 e. The number of piperidine rings is 1. The van der Waals surface area contributed by atoms with E-state index in [0.717, 1.165) is 56.4 Å². The molecule has 172 valence electrons. The SMILES string of the molecule is CCC1CN(C)c2cnc(NC(C)C3CCN(C(=O)CN)CC3)nc2N1C1CCCC1. The Morgan fingerprint density at radius 1 is 1.26 bits per heavy atom. The summed E-state index contributed by atoms with van der Waals surface area (Å²) in [6.07, 6.45) is 10.3. The summed E-state index contributed by atoms with van der Waals surface area (Å²) < 4.78 is 0. The molecular weight excluding hydrogens is 390 g/mol. The number of carbonyl (C=O) groups excluding carboxylic acids is 1. The highest BCUT2D eigenvalue weighted by molar-refractivity contribution is 5.78. The van der Waals surface area contributed by atoms with Crippen molar-refractivity contribution < 1.29 is 4.79 Å². The molecule has 2 fully saturated rings. The maximum absolute atomic E-state index is 11.8. The van der Waals surface area contributed by atoms with E-state index in [9.17, 15) is 4.79 Å². The molecular formula is C23H39N7O. The number of nitrogens with two attached hydrogens (primary N) is 1. The van der Waals surface area contributed by atoms with Gasteiger partial charge < -0.3 is 25.8 Å².